The quantitative estimate of drug-likeness (QED) is 0.687. The van der Waals surface area contributed by atoms with Gasteiger partial charge in [0.25, 0.3) is 0 Å². The number of amides is 1. The lowest BCUT2D eigenvalue weighted by atomic mass is 10.2. The molecule has 0 unspecified atom stereocenters. The predicted octanol–water partition coefficient (Wildman–Crippen LogP) is 1.01. The molecule has 0 fully saturated rings. The van der Waals surface area contributed by atoms with E-state index >= 15 is 0 Å². The smallest absolute Gasteiger partial charge is 0.239 e. The van der Waals surface area contributed by atoms with Crippen LogP contribution in [-0.2, 0) is 4.79 Å². The van der Waals surface area contributed by atoms with Crippen LogP contribution in [0.4, 0.5) is 10.1 Å². The lowest BCUT2D eigenvalue weighted by molar-refractivity contribution is -0.119. The molecule has 0 aliphatic carbocycles. The van der Waals surface area contributed by atoms with Gasteiger partial charge >= 0.3 is 0 Å². The summed E-state index contributed by atoms with van der Waals surface area (Å²) in [6.45, 7) is 2.38. The minimum Gasteiger partial charge on any atom is -0.389 e. The maximum absolute atomic E-state index is 13.5. The fourth-order valence-corrected chi connectivity index (χ4v) is 1.37. The van der Waals surface area contributed by atoms with Crippen molar-refractivity contribution in [3.8, 4) is 0 Å². The summed E-state index contributed by atoms with van der Waals surface area (Å²) in [4.78, 5) is 11.3. The van der Waals surface area contributed by atoms with Gasteiger partial charge in [0.05, 0.1) is 12.2 Å². The van der Waals surface area contributed by atoms with Crippen LogP contribution in [-0.4, -0.2) is 24.0 Å². The third-order valence-electron chi connectivity index (χ3n) is 2.07. The maximum Gasteiger partial charge on any atom is 0.239 e. The van der Waals surface area contributed by atoms with Crippen LogP contribution < -0.4 is 16.4 Å². The van der Waals surface area contributed by atoms with Gasteiger partial charge in [-0.2, -0.15) is 0 Å². The summed E-state index contributed by atoms with van der Waals surface area (Å²) in [5.74, 6) is -0.676. The van der Waals surface area contributed by atoms with Crippen molar-refractivity contribution < 1.29 is 9.18 Å². The van der Waals surface area contributed by atoms with E-state index in [9.17, 15) is 9.18 Å². The standard InChI is InChI=1S/C11H14FN3OS/c1-2-14-10(16)6-15-9-4-3-7(11(13)17)5-8(9)12/h3-5,15H,2,6H2,1H3,(H2,13,17)(H,14,16). The van der Waals surface area contributed by atoms with Gasteiger partial charge in [-0.3, -0.25) is 4.79 Å². The number of thiocarbonyl (C=S) groups is 1. The first kappa shape index (κ1) is 13.4. The van der Waals surface area contributed by atoms with E-state index in [4.69, 9.17) is 18.0 Å². The molecule has 0 saturated heterocycles. The summed E-state index contributed by atoms with van der Waals surface area (Å²) < 4.78 is 13.5. The summed E-state index contributed by atoms with van der Waals surface area (Å²) in [5, 5.41) is 5.29. The first-order chi connectivity index (χ1) is 8.04. The van der Waals surface area contributed by atoms with Crippen molar-refractivity contribution >= 4 is 28.8 Å². The van der Waals surface area contributed by atoms with Crippen LogP contribution >= 0.6 is 12.2 Å². The van der Waals surface area contributed by atoms with Gasteiger partial charge in [0.1, 0.15) is 10.8 Å². The molecule has 4 nitrogen and oxygen atoms in total. The van der Waals surface area contributed by atoms with E-state index in [1.807, 2.05) is 6.92 Å². The molecule has 0 spiro atoms. The number of carbonyl (C=O) groups excluding carboxylic acids is 1. The zero-order valence-electron chi connectivity index (χ0n) is 9.42. The molecule has 6 heteroatoms. The van der Waals surface area contributed by atoms with Gasteiger partial charge in [0.15, 0.2) is 0 Å². The molecule has 0 aliphatic heterocycles. The van der Waals surface area contributed by atoms with Crippen molar-refractivity contribution in [1.29, 1.82) is 0 Å². The van der Waals surface area contributed by atoms with Crippen LogP contribution in [0.15, 0.2) is 18.2 Å². The SMILES string of the molecule is CCNC(=O)CNc1ccc(C(N)=S)cc1F. The van der Waals surface area contributed by atoms with E-state index in [0.29, 0.717) is 12.1 Å². The summed E-state index contributed by atoms with van der Waals surface area (Å²) in [7, 11) is 0. The van der Waals surface area contributed by atoms with Crippen molar-refractivity contribution in [3.05, 3.63) is 29.6 Å². The Labute approximate surface area is 104 Å². The highest BCUT2D eigenvalue weighted by Gasteiger charge is 2.06. The molecule has 1 aromatic rings. The topological polar surface area (TPSA) is 67.2 Å². The highest BCUT2D eigenvalue weighted by molar-refractivity contribution is 7.80. The Morgan fingerprint density at radius 2 is 2.24 bits per heavy atom. The minimum absolute atomic E-state index is 0.0250. The Kier molecular flexibility index (Phi) is 4.84. The number of rotatable bonds is 5. The van der Waals surface area contributed by atoms with E-state index in [-0.39, 0.29) is 23.1 Å². The molecule has 0 aliphatic rings. The van der Waals surface area contributed by atoms with E-state index < -0.39 is 5.82 Å². The van der Waals surface area contributed by atoms with E-state index in [2.05, 4.69) is 10.6 Å². The Balaban J connectivity index is 2.66. The fraction of sp³-hybridized carbons (Fsp3) is 0.273. The van der Waals surface area contributed by atoms with Crippen LogP contribution in [0.25, 0.3) is 0 Å². The first-order valence-electron chi connectivity index (χ1n) is 5.14. The Morgan fingerprint density at radius 3 is 2.76 bits per heavy atom. The summed E-state index contributed by atoms with van der Waals surface area (Å²) in [5.41, 5.74) is 6.08. The zero-order valence-corrected chi connectivity index (χ0v) is 10.2. The number of nitrogens with one attached hydrogen (secondary N) is 2. The van der Waals surface area contributed by atoms with Crippen molar-refractivity contribution in [2.45, 2.75) is 6.92 Å². The normalized spacial score (nSPS) is 9.76. The molecular weight excluding hydrogens is 241 g/mol. The molecule has 0 atom stereocenters. The number of benzene rings is 1. The third-order valence-corrected chi connectivity index (χ3v) is 2.30. The second-order valence-corrected chi connectivity index (χ2v) is 3.81. The van der Waals surface area contributed by atoms with Crippen molar-refractivity contribution in [3.63, 3.8) is 0 Å². The van der Waals surface area contributed by atoms with Crippen LogP contribution in [0.3, 0.4) is 0 Å². The molecule has 92 valence electrons. The molecule has 0 radical (unpaired) electrons. The van der Waals surface area contributed by atoms with Crippen molar-refractivity contribution in [1.82, 2.24) is 5.32 Å². The Hall–Kier alpha value is -1.69. The lowest BCUT2D eigenvalue weighted by Crippen LogP contribution is -2.29. The number of anilines is 1. The zero-order chi connectivity index (χ0) is 12.8. The van der Waals surface area contributed by atoms with Crippen LogP contribution in [0.1, 0.15) is 12.5 Å². The Morgan fingerprint density at radius 1 is 1.53 bits per heavy atom. The molecule has 0 saturated carbocycles. The first-order valence-corrected chi connectivity index (χ1v) is 5.55. The lowest BCUT2D eigenvalue weighted by Gasteiger charge is -2.08. The highest BCUT2D eigenvalue weighted by atomic mass is 32.1. The maximum atomic E-state index is 13.5. The molecular formula is C11H14FN3OS. The summed E-state index contributed by atoms with van der Waals surface area (Å²) >= 11 is 4.73. The molecule has 1 rings (SSSR count). The van der Waals surface area contributed by atoms with E-state index in [1.54, 1.807) is 6.07 Å². The number of carbonyl (C=O) groups is 1. The van der Waals surface area contributed by atoms with Crippen molar-refractivity contribution in [2.75, 3.05) is 18.4 Å². The molecule has 0 bridgehead atoms. The molecule has 4 N–H and O–H groups in total. The largest absolute Gasteiger partial charge is 0.389 e. The monoisotopic (exact) mass is 255 g/mol. The Bertz CT molecular complexity index is 437. The summed E-state index contributed by atoms with van der Waals surface area (Å²) in [6.07, 6.45) is 0. The molecule has 0 aromatic heterocycles. The molecule has 1 amide bonds. The van der Waals surface area contributed by atoms with Crippen LogP contribution in [0.2, 0.25) is 0 Å². The molecule has 1 aromatic carbocycles. The van der Waals surface area contributed by atoms with Gasteiger partial charge in [0, 0.05) is 12.1 Å². The second-order valence-electron chi connectivity index (χ2n) is 3.37. The van der Waals surface area contributed by atoms with E-state index in [1.165, 1.54) is 12.1 Å². The summed E-state index contributed by atoms with van der Waals surface area (Å²) in [6, 6.07) is 4.34. The minimum atomic E-state index is -0.486. The number of hydrogen-bond acceptors (Lipinski definition) is 3. The number of halogens is 1. The number of hydrogen-bond donors (Lipinski definition) is 3. The molecule has 17 heavy (non-hydrogen) atoms. The van der Waals surface area contributed by atoms with Gasteiger partial charge < -0.3 is 16.4 Å². The average molecular weight is 255 g/mol. The van der Waals surface area contributed by atoms with Crippen LogP contribution in [0, 0.1) is 5.82 Å². The number of likely N-dealkylation sites (N-methyl/N-ethyl adjacent to an activating group) is 1. The number of nitrogens with two attached hydrogens (primary N) is 1. The molecule has 0 heterocycles. The second kappa shape index (κ2) is 6.15. The van der Waals surface area contributed by atoms with Gasteiger partial charge in [-0.15, -0.1) is 0 Å². The third kappa shape index (κ3) is 3.99. The highest BCUT2D eigenvalue weighted by Crippen LogP contribution is 2.15. The van der Waals surface area contributed by atoms with Gasteiger partial charge in [-0.1, -0.05) is 12.2 Å². The predicted molar refractivity (Wildman–Crippen MR) is 69.5 cm³/mol. The van der Waals surface area contributed by atoms with Gasteiger partial charge in [-0.25, -0.2) is 4.39 Å². The van der Waals surface area contributed by atoms with Gasteiger partial charge in [-0.05, 0) is 25.1 Å². The van der Waals surface area contributed by atoms with Crippen molar-refractivity contribution in [2.24, 2.45) is 5.73 Å². The fourth-order valence-electron chi connectivity index (χ4n) is 1.25. The van der Waals surface area contributed by atoms with E-state index in [0.717, 1.165) is 0 Å². The van der Waals surface area contributed by atoms with Gasteiger partial charge in [0.2, 0.25) is 5.91 Å². The van der Waals surface area contributed by atoms with Crippen LogP contribution in [0.5, 0.6) is 0 Å². The average Bonchev–Trinajstić information content (AvgIpc) is 2.27.